The maximum atomic E-state index is 12.2. The van der Waals surface area contributed by atoms with Crippen molar-refractivity contribution in [3.63, 3.8) is 0 Å². The van der Waals surface area contributed by atoms with Crippen LogP contribution in [0.2, 0.25) is 0 Å². The van der Waals surface area contributed by atoms with Gasteiger partial charge in [-0.05, 0) is 19.1 Å². The summed E-state index contributed by atoms with van der Waals surface area (Å²) in [5.74, 6) is 0. The Hall–Kier alpha value is -1.45. The van der Waals surface area contributed by atoms with E-state index in [9.17, 15) is 9.36 Å². The smallest absolute Gasteiger partial charge is 0.272 e. The summed E-state index contributed by atoms with van der Waals surface area (Å²) in [5, 5.41) is 0. The van der Waals surface area contributed by atoms with Gasteiger partial charge >= 0.3 is 0 Å². The second kappa shape index (κ2) is 5.90. The predicted molar refractivity (Wildman–Crippen MR) is 80.7 cm³/mol. The number of hydrogen-bond acceptors (Lipinski definition) is 4. The van der Waals surface area contributed by atoms with E-state index in [4.69, 9.17) is 4.52 Å². The Labute approximate surface area is 118 Å². The zero-order valence-electron chi connectivity index (χ0n) is 12.0. The van der Waals surface area contributed by atoms with Gasteiger partial charge in [-0.3, -0.25) is 9.36 Å². The van der Waals surface area contributed by atoms with E-state index in [-0.39, 0.29) is 5.56 Å². The first-order valence-corrected chi connectivity index (χ1v) is 8.86. The Morgan fingerprint density at radius 2 is 2.05 bits per heavy atom. The van der Waals surface area contributed by atoms with Crippen LogP contribution in [0.3, 0.4) is 0 Å². The van der Waals surface area contributed by atoms with Crippen LogP contribution in [0, 0.1) is 0 Å². The van der Waals surface area contributed by atoms with Gasteiger partial charge in [0, 0.05) is 26.3 Å². The molecular formula is C14H19N2O3P. The highest BCUT2D eigenvalue weighted by Crippen LogP contribution is 2.42. The quantitative estimate of drug-likeness (QED) is 0.795. The zero-order chi connectivity index (χ0) is 14.8. The summed E-state index contributed by atoms with van der Waals surface area (Å²) >= 11 is 0. The average molecular weight is 294 g/mol. The van der Waals surface area contributed by atoms with E-state index in [1.54, 1.807) is 18.3 Å². The van der Waals surface area contributed by atoms with Crippen LogP contribution in [-0.2, 0) is 22.6 Å². The Morgan fingerprint density at radius 3 is 2.75 bits per heavy atom. The Morgan fingerprint density at radius 1 is 1.35 bits per heavy atom. The summed E-state index contributed by atoms with van der Waals surface area (Å²) in [5.41, 5.74) is 1.87. The molecule has 0 radical (unpaired) electrons. The van der Waals surface area contributed by atoms with Crippen LogP contribution in [0.25, 0.3) is 11.0 Å². The van der Waals surface area contributed by atoms with Crippen molar-refractivity contribution in [3.05, 3.63) is 40.3 Å². The summed E-state index contributed by atoms with van der Waals surface area (Å²) in [6, 6.07) is 7.48. The standard InChI is InChI=1S/C14H19N2O3P/c1-4-19-20(3,18)10-9-12-14(17)16(2)13-8-6-5-7-11(13)15-12/h5-8H,4,9-10H2,1-3H3. The highest BCUT2D eigenvalue weighted by atomic mass is 31.2. The molecule has 108 valence electrons. The third-order valence-electron chi connectivity index (χ3n) is 3.21. The number of benzene rings is 1. The third-order valence-corrected chi connectivity index (χ3v) is 5.05. The van der Waals surface area contributed by atoms with E-state index in [0.29, 0.717) is 24.9 Å². The van der Waals surface area contributed by atoms with Crippen molar-refractivity contribution < 1.29 is 9.09 Å². The third kappa shape index (κ3) is 3.17. The van der Waals surface area contributed by atoms with Gasteiger partial charge in [0.05, 0.1) is 17.6 Å². The molecule has 0 saturated heterocycles. The molecule has 0 spiro atoms. The lowest BCUT2D eigenvalue weighted by Crippen LogP contribution is -2.24. The first-order valence-electron chi connectivity index (χ1n) is 6.60. The Balaban J connectivity index is 2.34. The normalized spacial score (nSPS) is 14.3. The minimum atomic E-state index is -2.64. The molecule has 0 fully saturated rings. The van der Waals surface area contributed by atoms with E-state index in [0.717, 1.165) is 11.0 Å². The second-order valence-electron chi connectivity index (χ2n) is 4.82. The summed E-state index contributed by atoms with van der Waals surface area (Å²) in [7, 11) is -0.915. The molecule has 1 atom stereocenters. The van der Waals surface area contributed by atoms with Crippen molar-refractivity contribution >= 4 is 18.4 Å². The van der Waals surface area contributed by atoms with Gasteiger partial charge < -0.3 is 9.09 Å². The predicted octanol–water partition coefficient (Wildman–Crippen LogP) is 2.42. The molecule has 0 aliphatic carbocycles. The van der Waals surface area contributed by atoms with Gasteiger partial charge in [-0.15, -0.1) is 0 Å². The maximum Gasteiger partial charge on any atom is 0.272 e. The molecule has 2 rings (SSSR count). The molecule has 5 nitrogen and oxygen atoms in total. The fraction of sp³-hybridized carbons (Fsp3) is 0.429. The van der Waals surface area contributed by atoms with Crippen molar-refractivity contribution in [2.24, 2.45) is 7.05 Å². The molecule has 0 bridgehead atoms. The van der Waals surface area contributed by atoms with Crippen LogP contribution in [0.15, 0.2) is 29.1 Å². The van der Waals surface area contributed by atoms with Crippen molar-refractivity contribution in [2.45, 2.75) is 13.3 Å². The van der Waals surface area contributed by atoms with E-state index in [1.165, 1.54) is 0 Å². The average Bonchev–Trinajstić information content (AvgIpc) is 2.41. The fourth-order valence-electron chi connectivity index (χ4n) is 2.15. The fourth-order valence-corrected chi connectivity index (χ4v) is 3.44. The Bertz CT molecular complexity index is 724. The monoisotopic (exact) mass is 294 g/mol. The molecule has 20 heavy (non-hydrogen) atoms. The van der Waals surface area contributed by atoms with Crippen molar-refractivity contribution in [1.29, 1.82) is 0 Å². The highest BCUT2D eigenvalue weighted by molar-refractivity contribution is 7.58. The van der Waals surface area contributed by atoms with Crippen LogP contribution in [0.4, 0.5) is 0 Å². The topological polar surface area (TPSA) is 61.2 Å². The van der Waals surface area contributed by atoms with Gasteiger partial charge in [-0.25, -0.2) is 4.98 Å². The zero-order valence-corrected chi connectivity index (χ0v) is 12.9. The van der Waals surface area contributed by atoms with E-state index in [2.05, 4.69) is 4.98 Å². The molecule has 0 N–H and O–H groups in total. The molecule has 0 aliphatic rings. The van der Waals surface area contributed by atoms with Crippen molar-refractivity contribution in [2.75, 3.05) is 19.4 Å². The summed E-state index contributed by atoms with van der Waals surface area (Å²) in [6.45, 7) is 3.82. The first-order chi connectivity index (χ1) is 9.44. The number of fused-ring (bicyclic) bond motifs is 1. The van der Waals surface area contributed by atoms with Crippen LogP contribution in [-0.4, -0.2) is 29.0 Å². The van der Waals surface area contributed by atoms with E-state index in [1.807, 2.05) is 31.2 Å². The first kappa shape index (κ1) is 14.9. The highest BCUT2D eigenvalue weighted by Gasteiger charge is 2.17. The number of para-hydroxylation sites is 2. The lowest BCUT2D eigenvalue weighted by atomic mass is 10.2. The molecule has 6 heteroatoms. The number of aromatic nitrogens is 2. The molecule has 0 aliphatic heterocycles. The Kier molecular flexibility index (Phi) is 4.41. The largest absolute Gasteiger partial charge is 0.329 e. The molecule has 2 aromatic rings. The summed E-state index contributed by atoms with van der Waals surface area (Å²) in [4.78, 5) is 16.6. The number of nitrogens with zero attached hydrogens (tertiary/aromatic N) is 2. The number of rotatable bonds is 5. The molecule has 1 aromatic carbocycles. The lowest BCUT2D eigenvalue weighted by molar-refractivity contribution is 0.337. The van der Waals surface area contributed by atoms with E-state index >= 15 is 0 Å². The van der Waals surface area contributed by atoms with Gasteiger partial charge in [-0.2, -0.15) is 0 Å². The molecule has 0 amide bonds. The van der Waals surface area contributed by atoms with Gasteiger partial charge in [0.2, 0.25) is 7.37 Å². The van der Waals surface area contributed by atoms with Gasteiger partial charge in [0.15, 0.2) is 0 Å². The van der Waals surface area contributed by atoms with Crippen molar-refractivity contribution in [1.82, 2.24) is 9.55 Å². The van der Waals surface area contributed by atoms with Gasteiger partial charge in [0.1, 0.15) is 5.69 Å². The van der Waals surface area contributed by atoms with Gasteiger partial charge in [0.25, 0.3) is 5.56 Å². The SMILES string of the molecule is CCOP(C)(=O)CCc1nc2ccccc2n(C)c1=O. The lowest BCUT2D eigenvalue weighted by Gasteiger charge is -2.12. The van der Waals surface area contributed by atoms with Crippen molar-refractivity contribution in [3.8, 4) is 0 Å². The molecule has 1 unspecified atom stereocenters. The number of hydrogen-bond donors (Lipinski definition) is 0. The molecule has 0 saturated carbocycles. The van der Waals surface area contributed by atoms with Crippen LogP contribution in [0.1, 0.15) is 12.6 Å². The minimum Gasteiger partial charge on any atom is -0.329 e. The summed E-state index contributed by atoms with van der Waals surface area (Å²) in [6.07, 6.45) is 0.701. The van der Waals surface area contributed by atoms with Crippen LogP contribution >= 0.6 is 7.37 Å². The maximum absolute atomic E-state index is 12.2. The minimum absolute atomic E-state index is 0.139. The van der Waals surface area contributed by atoms with Gasteiger partial charge in [-0.1, -0.05) is 12.1 Å². The second-order valence-corrected chi connectivity index (χ2v) is 7.55. The molecule has 1 heterocycles. The van der Waals surface area contributed by atoms with E-state index < -0.39 is 7.37 Å². The molecular weight excluding hydrogens is 275 g/mol. The number of aryl methyl sites for hydroxylation is 2. The summed E-state index contributed by atoms with van der Waals surface area (Å²) < 4.78 is 18.9. The van der Waals surface area contributed by atoms with Crippen LogP contribution < -0.4 is 5.56 Å². The molecule has 1 aromatic heterocycles. The van der Waals surface area contributed by atoms with Crippen LogP contribution in [0.5, 0.6) is 0 Å².